The Morgan fingerprint density at radius 3 is 3.08 bits per heavy atom. The van der Waals surface area contributed by atoms with Gasteiger partial charge in [-0.05, 0) is 19.2 Å². The lowest BCUT2D eigenvalue weighted by atomic mass is 10.3. The van der Waals surface area contributed by atoms with Gasteiger partial charge < -0.3 is 10.3 Å². The molecule has 12 heavy (non-hydrogen) atoms. The fourth-order valence-electron chi connectivity index (χ4n) is 0.956. The van der Waals surface area contributed by atoms with Crippen molar-refractivity contribution in [1.82, 2.24) is 4.98 Å². The highest BCUT2D eigenvalue weighted by atomic mass is 32.2. The molecule has 66 valence electrons. The van der Waals surface area contributed by atoms with E-state index < -0.39 is 7.00 Å². The minimum Gasteiger partial charge on any atom is -0.383 e. The highest BCUT2D eigenvalue weighted by Crippen LogP contribution is 2.21. The number of anilines is 1. The van der Waals surface area contributed by atoms with E-state index in [1.165, 1.54) is 11.8 Å². The quantitative estimate of drug-likeness (QED) is 0.687. The van der Waals surface area contributed by atoms with Crippen molar-refractivity contribution in [2.75, 3.05) is 18.6 Å². The third-order valence-electron chi connectivity index (χ3n) is 1.50. The number of rotatable bonds is 2. The number of aromatic nitrogens is 1. The van der Waals surface area contributed by atoms with Crippen LogP contribution >= 0.6 is 11.8 Å². The second-order valence-corrected chi connectivity index (χ2v) is 3.22. The zero-order valence-corrected chi connectivity index (χ0v) is 7.79. The zero-order valence-electron chi connectivity index (χ0n) is 8.97. The molecule has 0 aliphatic rings. The van der Waals surface area contributed by atoms with Crippen LogP contribution in [0.5, 0.6) is 0 Å². The molecule has 0 unspecified atom stereocenters. The second-order valence-electron chi connectivity index (χ2n) is 2.37. The summed E-state index contributed by atoms with van der Waals surface area (Å²) >= 11 is 1.42. The third-order valence-corrected chi connectivity index (χ3v) is 2.26. The van der Waals surface area contributed by atoms with Gasteiger partial charge in [-0.15, -0.1) is 11.8 Å². The van der Waals surface area contributed by atoms with Crippen LogP contribution in [-0.4, -0.2) is 18.2 Å². The number of H-pyrrole nitrogens is 1. The molecule has 1 aromatic heterocycles. The topological polar surface area (TPSA) is 44.9 Å². The largest absolute Gasteiger partial charge is 0.383 e. The lowest BCUT2D eigenvalue weighted by molar-refractivity contribution is 1.10. The smallest absolute Gasteiger partial charge is 0.272 e. The van der Waals surface area contributed by atoms with Gasteiger partial charge in [-0.3, -0.25) is 4.79 Å². The van der Waals surface area contributed by atoms with Gasteiger partial charge in [0, 0.05) is 20.3 Å². The van der Waals surface area contributed by atoms with Gasteiger partial charge >= 0.3 is 0 Å². The molecular formula is C8H12N2OS. The van der Waals surface area contributed by atoms with Crippen LogP contribution in [0.25, 0.3) is 0 Å². The summed E-state index contributed by atoms with van der Waals surface area (Å²) in [6.45, 7) is 0.564. The standard InChI is InChI=1S/C8H12N2OS/c1-5-4-6(12-3)7(9-2)8(11)10-5/h4,9H,1-3H3,(H,10,11)/i2D2. The summed E-state index contributed by atoms with van der Waals surface area (Å²) < 4.78 is 14.1. The van der Waals surface area contributed by atoms with Gasteiger partial charge in [0.2, 0.25) is 0 Å². The molecule has 1 heterocycles. The molecule has 0 saturated carbocycles. The monoisotopic (exact) mass is 186 g/mol. The van der Waals surface area contributed by atoms with E-state index in [1.807, 2.05) is 12.3 Å². The van der Waals surface area contributed by atoms with E-state index in [4.69, 9.17) is 2.74 Å². The van der Waals surface area contributed by atoms with Crippen molar-refractivity contribution >= 4 is 17.4 Å². The Kier molecular flexibility index (Phi) is 2.02. The first-order valence-electron chi connectivity index (χ1n) is 4.59. The summed E-state index contributed by atoms with van der Waals surface area (Å²) in [5.41, 5.74) is 0.799. The Morgan fingerprint density at radius 2 is 2.50 bits per heavy atom. The van der Waals surface area contributed by atoms with E-state index in [9.17, 15) is 4.79 Å². The average molecular weight is 186 g/mol. The molecule has 0 amide bonds. The molecule has 2 N–H and O–H groups in total. The predicted molar refractivity (Wildman–Crippen MR) is 53.1 cm³/mol. The van der Waals surface area contributed by atoms with Crippen LogP contribution in [0.15, 0.2) is 15.8 Å². The van der Waals surface area contributed by atoms with E-state index in [1.54, 1.807) is 6.92 Å². The molecule has 0 radical (unpaired) electrons. The zero-order chi connectivity index (χ0) is 10.7. The molecule has 0 aliphatic carbocycles. The first-order valence-corrected chi connectivity index (χ1v) is 4.66. The lowest BCUT2D eigenvalue weighted by Crippen LogP contribution is -2.13. The molecule has 0 atom stereocenters. The van der Waals surface area contributed by atoms with Crippen LogP contribution in [0.3, 0.4) is 0 Å². The van der Waals surface area contributed by atoms with Gasteiger partial charge in [0.1, 0.15) is 5.69 Å². The van der Waals surface area contributed by atoms with Crippen LogP contribution < -0.4 is 10.9 Å². The summed E-state index contributed by atoms with van der Waals surface area (Å²) in [5.74, 6) is 0. The Balaban J connectivity index is 3.19. The minimum absolute atomic E-state index is 0.279. The molecule has 3 nitrogen and oxygen atoms in total. The van der Waals surface area contributed by atoms with E-state index in [0.717, 1.165) is 10.6 Å². The molecule has 0 aromatic carbocycles. The van der Waals surface area contributed by atoms with Crippen LogP contribution in [0, 0.1) is 6.92 Å². The predicted octanol–water partition coefficient (Wildman–Crippen LogP) is 1.45. The number of pyridine rings is 1. The van der Waals surface area contributed by atoms with Gasteiger partial charge in [0.25, 0.3) is 5.56 Å². The number of aromatic amines is 1. The third kappa shape index (κ3) is 1.64. The van der Waals surface area contributed by atoms with E-state index in [0.29, 0.717) is 5.69 Å². The maximum atomic E-state index is 11.5. The first-order chi connectivity index (χ1) is 6.54. The van der Waals surface area contributed by atoms with Crippen LogP contribution in [0.1, 0.15) is 8.44 Å². The van der Waals surface area contributed by atoms with Crippen molar-refractivity contribution < 1.29 is 2.74 Å². The molecule has 0 spiro atoms. The van der Waals surface area contributed by atoms with Crippen LogP contribution in [0.4, 0.5) is 5.69 Å². The normalized spacial score (nSPS) is 12.6. The van der Waals surface area contributed by atoms with Crippen molar-refractivity contribution in [2.45, 2.75) is 11.8 Å². The maximum Gasteiger partial charge on any atom is 0.272 e. The van der Waals surface area contributed by atoms with Crippen molar-refractivity contribution in [3.63, 3.8) is 0 Å². The van der Waals surface area contributed by atoms with Gasteiger partial charge in [0.15, 0.2) is 0 Å². The SMILES string of the molecule is [2H]C([2H])Nc1c(SC)cc(C)[nH]c1=O. The van der Waals surface area contributed by atoms with Crippen molar-refractivity contribution in [3.05, 3.63) is 22.1 Å². The fraction of sp³-hybridized carbons (Fsp3) is 0.375. The van der Waals surface area contributed by atoms with Gasteiger partial charge in [0.05, 0.1) is 0 Å². The molecule has 4 heteroatoms. The first kappa shape index (κ1) is 6.60. The average Bonchev–Trinajstić information content (AvgIpc) is 2.08. The van der Waals surface area contributed by atoms with Crippen molar-refractivity contribution in [1.29, 1.82) is 0 Å². The van der Waals surface area contributed by atoms with Gasteiger partial charge in [-0.25, -0.2) is 0 Å². The molecule has 0 saturated heterocycles. The van der Waals surface area contributed by atoms with E-state index >= 15 is 0 Å². The minimum atomic E-state index is -1.23. The highest BCUT2D eigenvalue weighted by Gasteiger charge is 2.04. The summed E-state index contributed by atoms with van der Waals surface area (Å²) in [7, 11) is 0. The van der Waals surface area contributed by atoms with Crippen molar-refractivity contribution in [3.8, 4) is 0 Å². The molecule has 0 aliphatic heterocycles. The van der Waals surface area contributed by atoms with Gasteiger partial charge in [-0.2, -0.15) is 0 Å². The molecule has 0 bridgehead atoms. The number of thioether (sulfide) groups is 1. The molecule has 1 rings (SSSR count). The summed E-state index contributed by atoms with van der Waals surface area (Å²) in [6, 6.07) is 1.82. The molecule has 1 aromatic rings. The van der Waals surface area contributed by atoms with Crippen molar-refractivity contribution in [2.24, 2.45) is 0 Å². The number of hydrogen-bond donors (Lipinski definition) is 2. The van der Waals surface area contributed by atoms with Gasteiger partial charge in [-0.1, -0.05) is 0 Å². The van der Waals surface area contributed by atoms with Crippen LogP contribution in [-0.2, 0) is 0 Å². The Bertz CT molecular complexity index is 378. The Labute approximate surface area is 78.4 Å². The number of aryl methyl sites for hydroxylation is 1. The summed E-state index contributed by atoms with van der Waals surface area (Å²) in [5, 5.41) is 2.49. The fourth-order valence-corrected chi connectivity index (χ4v) is 1.61. The summed E-state index contributed by atoms with van der Waals surface area (Å²) in [6.07, 6.45) is 1.85. The van der Waals surface area contributed by atoms with E-state index in [-0.39, 0.29) is 5.56 Å². The Morgan fingerprint density at radius 1 is 1.75 bits per heavy atom. The summed E-state index contributed by atoms with van der Waals surface area (Å²) in [4.78, 5) is 14.8. The number of hydrogen-bond acceptors (Lipinski definition) is 3. The number of nitrogens with one attached hydrogen (secondary N) is 2. The highest BCUT2D eigenvalue weighted by molar-refractivity contribution is 7.98. The maximum absolute atomic E-state index is 11.5. The molecular weight excluding hydrogens is 172 g/mol. The lowest BCUT2D eigenvalue weighted by Gasteiger charge is -2.05. The second kappa shape index (κ2) is 3.67. The molecule has 0 fully saturated rings. The Hall–Kier alpha value is -0.900. The van der Waals surface area contributed by atoms with Crippen LogP contribution in [0.2, 0.25) is 0 Å². The van der Waals surface area contributed by atoms with E-state index in [2.05, 4.69) is 10.3 Å².